The molecule has 0 saturated heterocycles. The average Bonchev–Trinajstić information content (AvgIpc) is 0.918. The minimum atomic E-state index is 0. The Kier molecular flexibility index (Phi) is 21.8. The lowest BCUT2D eigenvalue weighted by atomic mass is 11.9. The minimum absolute atomic E-state index is 0. The Bertz CT molecular complexity index is 4.00. The molecule has 0 aromatic rings. The molecule has 4 radical (unpaired) electrons. The van der Waals surface area contributed by atoms with Crippen LogP contribution in [-0.2, 0) is 0 Å². The molecule has 0 heterocycles. The third-order valence-electron chi connectivity index (χ3n) is 0. The summed E-state index contributed by atoms with van der Waals surface area (Å²) in [7, 11) is 0.417. The van der Waals surface area contributed by atoms with Crippen LogP contribution in [0.2, 0.25) is 13.1 Å². The van der Waals surface area contributed by atoms with Crippen LogP contribution in [0.5, 0.6) is 0 Å². The number of hydrogen-bond acceptors (Lipinski definition) is 0. The highest BCUT2D eigenvalue weighted by molar-refractivity contribution is 6.31. The van der Waals surface area contributed by atoms with Gasteiger partial charge in [0.25, 0.3) is 0 Å². The summed E-state index contributed by atoms with van der Waals surface area (Å²) in [5.74, 6) is 0. The molecule has 0 atom stereocenters. The van der Waals surface area contributed by atoms with Crippen molar-refractivity contribution < 1.29 is 0 Å². The van der Waals surface area contributed by atoms with Gasteiger partial charge >= 0.3 is 0 Å². The van der Waals surface area contributed by atoms with Crippen LogP contribution in [0, 0.1) is 0 Å². The summed E-state index contributed by atoms with van der Waals surface area (Å²) in [5, 5.41) is 0. The zero-order chi connectivity index (χ0) is 2.71. The molecular formula is C2H8Si2. The second kappa shape index (κ2) is 9.89. The zero-order valence-electron chi connectivity index (χ0n) is 3.21. The molecule has 0 aromatic carbocycles. The minimum Gasteiger partial charge on any atom is -0.0750 e. The van der Waals surface area contributed by atoms with Crippen LogP contribution in [0.25, 0.3) is 0 Å². The van der Waals surface area contributed by atoms with Crippen molar-refractivity contribution in [2.24, 2.45) is 0 Å². The van der Waals surface area contributed by atoms with Crippen LogP contribution in [0.4, 0.5) is 0 Å². The predicted molar refractivity (Wildman–Crippen MR) is 26.0 cm³/mol. The average molecular weight is 88.3 g/mol. The molecule has 0 N–H and O–H groups in total. The molecule has 0 nitrogen and oxygen atoms in total. The summed E-state index contributed by atoms with van der Waals surface area (Å²) >= 11 is 0. The van der Waals surface area contributed by atoms with E-state index in [9.17, 15) is 0 Å². The normalized spacial score (nSPS) is 4.50. The molecule has 0 amide bonds. The van der Waals surface area contributed by atoms with E-state index in [-0.39, 0.29) is 11.0 Å². The number of rotatable bonds is 0. The Morgan fingerprint density at radius 2 is 1.25 bits per heavy atom. The molecule has 0 aliphatic rings. The van der Waals surface area contributed by atoms with E-state index in [1.54, 1.807) is 0 Å². The van der Waals surface area contributed by atoms with E-state index in [0.717, 1.165) is 0 Å². The van der Waals surface area contributed by atoms with Gasteiger partial charge in [0.15, 0.2) is 0 Å². The predicted octanol–water partition coefficient (Wildman–Crippen LogP) is -0.129. The molecule has 0 fully saturated rings. The molecule has 0 spiro atoms. The van der Waals surface area contributed by atoms with E-state index in [4.69, 9.17) is 0 Å². The summed E-state index contributed by atoms with van der Waals surface area (Å²) in [6.45, 7) is 4.53. The Morgan fingerprint density at radius 3 is 1.25 bits per heavy atom. The lowest BCUT2D eigenvalue weighted by Gasteiger charge is -1.45. The Morgan fingerprint density at radius 1 is 1.25 bits per heavy atom. The zero-order valence-corrected chi connectivity index (χ0v) is 5.62. The summed E-state index contributed by atoms with van der Waals surface area (Å²) in [6, 6.07) is 0. The Balaban J connectivity index is 0. The monoisotopic (exact) mass is 88.0 g/mol. The summed E-state index contributed by atoms with van der Waals surface area (Å²) in [5.41, 5.74) is 0. The number of hydrogen-bond donors (Lipinski definition) is 0. The van der Waals surface area contributed by atoms with E-state index in [0.29, 0.717) is 9.52 Å². The van der Waals surface area contributed by atoms with Crippen LogP contribution in [0.15, 0.2) is 0 Å². The molecule has 0 unspecified atom stereocenters. The molecule has 0 aromatic heterocycles. The van der Waals surface area contributed by atoms with Gasteiger partial charge in [-0.1, -0.05) is 13.1 Å². The Hall–Kier alpha value is 0.434. The van der Waals surface area contributed by atoms with Gasteiger partial charge in [-0.2, -0.15) is 0 Å². The van der Waals surface area contributed by atoms with Crippen molar-refractivity contribution >= 4 is 20.5 Å². The first-order valence-electron chi connectivity index (χ1n) is 1.41. The largest absolute Gasteiger partial charge is 0.0750 e. The van der Waals surface area contributed by atoms with Gasteiger partial charge < -0.3 is 0 Å². The van der Waals surface area contributed by atoms with Gasteiger partial charge in [0.1, 0.15) is 0 Å². The second-order valence-corrected chi connectivity index (χ2v) is 2.12. The van der Waals surface area contributed by atoms with Gasteiger partial charge in [-0.15, -0.1) is 0 Å². The maximum Gasteiger partial charge on any atom is 0.0135 e. The van der Waals surface area contributed by atoms with E-state index in [1.807, 2.05) is 0 Å². The highest BCUT2D eigenvalue weighted by Crippen LogP contribution is 1.36. The van der Waals surface area contributed by atoms with Crippen molar-refractivity contribution in [3.05, 3.63) is 0 Å². The highest BCUT2D eigenvalue weighted by Gasteiger charge is 1.38. The van der Waals surface area contributed by atoms with Gasteiger partial charge in [0.05, 0.1) is 0 Å². The van der Waals surface area contributed by atoms with Gasteiger partial charge in [-0.3, -0.25) is 0 Å². The molecular weight excluding hydrogens is 80.2 g/mol. The molecule has 4 heavy (non-hydrogen) atoms. The van der Waals surface area contributed by atoms with E-state index >= 15 is 0 Å². The van der Waals surface area contributed by atoms with Crippen LogP contribution < -0.4 is 0 Å². The van der Waals surface area contributed by atoms with E-state index in [2.05, 4.69) is 13.1 Å². The van der Waals surface area contributed by atoms with Gasteiger partial charge in [0, 0.05) is 20.5 Å². The molecule has 0 bridgehead atoms. The summed E-state index contributed by atoms with van der Waals surface area (Å²) in [4.78, 5) is 0. The fraction of sp³-hybridized carbons (Fsp3) is 1.00. The molecule has 0 aliphatic carbocycles. The quantitative estimate of drug-likeness (QED) is 0.362. The fourth-order valence-corrected chi connectivity index (χ4v) is 0. The Labute approximate surface area is 34.5 Å². The van der Waals surface area contributed by atoms with Gasteiger partial charge in [0.2, 0.25) is 0 Å². The first-order valence-corrected chi connectivity index (χ1v) is 4.24. The van der Waals surface area contributed by atoms with E-state index in [1.165, 1.54) is 0 Å². The SMILES string of the molecule is C[SiH2]C.[Si]. The van der Waals surface area contributed by atoms with Gasteiger partial charge in [-0.05, 0) is 0 Å². The third kappa shape index (κ3) is 26.6. The van der Waals surface area contributed by atoms with Crippen LogP contribution in [-0.4, -0.2) is 20.5 Å². The third-order valence-corrected chi connectivity index (χ3v) is 0. The second-order valence-electron chi connectivity index (χ2n) is 0.707. The summed E-state index contributed by atoms with van der Waals surface area (Å²) in [6.07, 6.45) is 0. The highest BCUT2D eigenvalue weighted by atomic mass is 28.2. The van der Waals surface area contributed by atoms with Crippen LogP contribution in [0.1, 0.15) is 0 Å². The molecule has 0 rings (SSSR count). The van der Waals surface area contributed by atoms with Crippen molar-refractivity contribution in [3.8, 4) is 0 Å². The molecule has 0 aliphatic heterocycles. The summed E-state index contributed by atoms with van der Waals surface area (Å²) < 4.78 is 0. The van der Waals surface area contributed by atoms with Crippen molar-refractivity contribution in [3.63, 3.8) is 0 Å². The van der Waals surface area contributed by atoms with Crippen LogP contribution in [0.3, 0.4) is 0 Å². The topological polar surface area (TPSA) is 0 Å². The maximum atomic E-state index is 2.26. The lowest BCUT2D eigenvalue weighted by Crippen LogP contribution is -1.53. The molecule has 0 saturated carbocycles. The molecule has 2 heteroatoms. The molecule has 24 valence electrons. The van der Waals surface area contributed by atoms with Crippen molar-refractivity contribution in [1.29, 1.82) is 0 Å². The van der Waals surface area contributed by atoms with Crippen molar-refractivity contribution in [2.45, 2.75) is 13.1 Å². The maximum absolute atomic E-state index is 2.26. The van der Waals surface area contributed by atoms with E-state index < -0.39 is 0 Å². The smallest absolute Gasteiger partial charge is 0.0135 e. The standard InChI is InChI=1S/C2H8Si.Si/c1-3-2;/h3H2,1-2H3;. The van der Waals surface area contributed by atoms with Crippen molar-refractivity contribution in [1.82, 2.24) is 0 Å². The van der Waals surface area contributed by atoms with Crippen molar-refractivity contribution in [2.75, 3.05) is 0 Å². The van der Waals surface area contributed by atoms with Crippen LogP contribution >= 0.6 is 0 Å². The van der Waals surface area contributed by atoms with Gasteiger partial charge in [-0.25, -0.2) is 0 Å². The lowest BCUT2D eigenvalue weighted by molar-refractivity contribution is 2.14. The first-order chi connectivity index (χ1) is 1.41. The fourth-order valence-electron chi connectivity index (χ4n) is 0. The first kappa shape index (κ1) is 8.83.